The highest BCUT2D eigenvalue weighted by atomic mass is 32.1. The molecule has 6 rings (SSSR count). The first kappa shape index (κ1) is 45.8. The molecule has 0 spiro atoms. The average molecular weight is 857 g/mol. The first-order valence-electron chi connectivity index (χ1n) is 21.5. The molecule has 0 radical (unpaired) electrons. The minimum atomic E-state index is -1.16. The van der Waals surface area contributed by atoms with E-state index in [4.69, 9.17) is 19.4 Å². The molecule has 3 aromatic heterocycles. The number of aromatic nitrogens is 3. The van der Waals surface area contributed by atoms with Gasteiger partial charge in [-0.2, -0.15) is 0 Å². The lowest BCUT2D eigenvalue weighted by Gasteiger charge is -2.42. The van der Waals surface area contributed by atoms with Gasteiger partial charge in [0.05, 0.1) is 41.4 Å². The van der Waals surface area contributed by atoms with E-state index in [9.17, 15) is 19.2 Å². The van der Waals surface area contributed by atoms with Crippen molar-refractivity contribution in [3.8, 4) is 22.5 Å². The second-order valence-electron chi connectivity index (χ2n) is 18.1. The Morgan fingerprint density at radius 1 is 1.13 bits per heavy atom. The third-order valence-electron chi connectivity index (χ3n) is 12.2. The normalized spacial score (nSPS) is 20.6. The summed E-state index contributed by atoms with van der Waals surface area (Å²) in [7, 11) is 5.02. The SMILES string of the molecule is CCn1c(-c2cccnc2[C@H](C)OC)c2c3cc(ccc31)-c1csc(n1)C[C@H](NC(=O)[C@H](C(C)C)N(C)C(=O)N(C)C(C)C)C(=O)N1CCC[C@](C=O)(COCC(C)(C)C2)N1. The third-order valence-corrected chi connectivity index (χ3v) is 13.1. The van der Waals surface area contributed by atoms with Crippen LogP contribution >= 0.6 is 11.3 Å². The zero-order valence-corrected chi connectivity index (χ0v) is 38.5. The number of pyridine rings is 1. The lowest BCUT2D eigenvalue weighted by atomic mass is 9.84. The Kier molecular flexibility index (Phi) is 14.1. The molecule has 2 N–H and O–H groups in total. The van der Waals surface area contributed by atoms with Gasteiger partial charge in [0.1, 0.15) is 23.9 Å². The van der Waals surface area contributed by atoms with Gasteiger partial charge in [-0.05, 0) is 88.1 Å². The van der Waals surface area contributed by atoms with Crippen LogP contribution in [0.5, 0.6) is 0 Å². The minimum Gasteiger partial charge on any atom is -0.378 e. The Bertz CT molecular complexity index is 2230. The van der Waals surface area contributed by atoms with Gasteiger partial charge in [0.2, 0.25) is 5.91 Å². The lowest BCUT2D eigenvalue weighted by Crippen LogP contribution is -2.66. The van der Waals surface area contributed by atoms with E-state index >= 15 is 0 Å². The molecule has 1 aromatic carbocycles. The topological polar surface area (TPSA) is 151 Å². The highest BCUT2D eigenvalue weighted by Crippen LogP contribution is 2.42. The van der Waals surface area contributed by atoms with Gasteiger partial charge >= 0.3 is 6.03 Å². The third kappa shape index (κ3) is 9.54. The smallest absolute Gasteiger partial charge is 0.320 e. The summed E-state index contributed by atoms with van der Waals surface area (Å²) in [5.41, 5.74) is 8.56. The van der Waals surface area contributed by atoms with Crippen LogP contribution in [-0.4, -0.2) is 118 Å². The molecule has 6 bridgehead atoms. The molecule has 2 aliphatic rings. The van der Waals surface area contributed by atoms with Gasteiger partial charge in [0.15, 0.2) is 0 Å². The molecule has 4 amide bonds. The number of hydrogen-bond donors (Lipinski definition) is 2. The van der Waals surface area contributed by atoms with Crippen LogP contribution in [0.1, 0.15) is 90.6 Å². The predicted molar refractivity (Wildman–Crippen MR) is 239 cm³/mol. The molecule has 0 unspecified atom stereocenters. The van der Waals surface area contributed by atoms with Crippen LogP contribution in [0.2, 0.25) is 0 Å². The van der Waals surface area contributed by atoms with Gasteiger partial charge in [0.25, 0.3) is 5.91 Å². The van der Waals surface area contributed by atoms with E-state index in [2.05, 4.69) is 60.3 Å². The van der Waals surface area contributed by atoms with Crippen molar-refractivity contribution in [3.63, 3.8) is 0 Å². The Hall–Kier alpha value is -4.70. The number of amides is 4. The van der Waals surface area contributed by atoms with Crippen LogP contribution in [0, 0.1) is 11.3 Å². The van der Waals surface area contributed by atoms with E-state index in [-0.39, 0.29) is 42.5 Å². The van der Waals surface area contributed by atoms with Crippen molar-refractivity contribution >= 4 is 46.4 Å². The molecule has 1 fully saturated rings. The molecular formula is C46H64N8O6S. The fraction of sp³-hybridized carbons (Fsp3) is 0.565. The summed E-state index contributed by atoms with van der Waals surface area (Å²) < 4.78 is 14.6. The Morgan fingerprint density at radius 3 is 2.56 bits per heavy atom. The van der Waals surface area contributed by atoms with Crippen LogP contribution in [0.15, 0.2) is 41.9 Å². The Labute approximate surface area is 364 Å². The number of nitrogens with zero attached hydrogens (tertiary/aromatic N) is 6. The van der Waals surface area contributed by atoms with Crippen LogP contribution < -0.4 is 10.7 Å². The number of aldehydes is 1. The first-order valence-corrected chi connectivity index (χ1v) is 22.3. The van der Waals surface area contributed by atoms with Gasteiger partial charge in [-0.3, -0.25) is 19.6 Å². The summed E-state index contributed by atoms with van der Waals surface area (Å²) in [6, 6.07) is 8.24. The van der Waals surface area contributed by atoms with Gasteiger partial charge in [-0.1, -0.05) is 33.8 Å². The number of benzene rings is 1. The monoisotopic (exact) mass is 856 g/mol. The summed E-state index contributed by atoms with van der Waals surface area (Å²) in [4.78, 5) is 68.3. The molecule has 0 saturated carbocycles. The molecule has 330 valence electrons. The maximum Gasteiger partial charge on any atom is 0.320 e. The highest BCUT2D eigenvalue weighted by Gasteiger charge is 2.41. The van der Waals surface area contributed by atoms with Crippen molar-refractivity contribution in [1.29, 1.82) is 0 Å². The summed E-state index contributed by atoms with van der Waals surface area (Å²) in [5, 5.41) is 8.22. The zero-order valence-electron chi connectivity index (χ0n) is 37.7. The molecule has 4 aromatic rings. The number of hydrazine groups is 1. The predicted octanol–water partition coefficient (Wildman–Crippen LogP) is 6.66. The molecular weight excluding hydrogens is 793 g/mol. The quantitative estimate of drug-likeness (QED) is 0.167. The van der Waals surface area contributed by atoms with Gasteiger partial charge < -0.3 is 34.0 Å². The fourth-order valence-corrected chi connectivity index (χ4v) is 9.54. The fourth-order valence-electron chi connectivity index (χ4n) is 8.68. The van der Waals surface area contributed by atoms with E-state index < -0.39 is 29.4 Å². The summed E-state index contributed by atoms with van der Waals surface area (Å²) in [5.74, 6) is -1.11. The number of hydrogen-bond acceptors (Lipinski definition) is 10. The van der Waals surface area contributed by atoms with Gasteiger partial charge in [-0.15, -0.1) is 11.3 Å². The maximum absolute atomic E-state index is 14.6. The zero-order chi connectivity index (χ0) is 44.4. The molecule has 15 heteroatoms. The first-order chi connectivity index (χ1) is 28.9. The number of likely N-dealkylation sites (N-methyl/N-ethyl adjacent to an activating group) is 1. The molecule has 5 heterocycles. The number of ether oxygens (including phenoxy) is 2. The van der Waals surface area contributed by atoms with Gasteiger partial charge in [0, 0.05) is 80.4 Å². The summed E-state index contributed by atoms with van der Waals surface area (Å²) in [6.45, 7) is 17.5. The molecule has 2 aliphatic heterocycles. The maximum atomic E-state index is 14.6. The summed E-state index contributed by atoms with van der Waals surface area (Å²) in [6.07, 6.45) is 4.19. The van der Waals surface area contributed by atoms with E-state index in [1.54, 1.807) is 32.3 Å². The van der Waals surface area contributed by atoms with Crippen molar-refractivity contribution in [2.24, 2.45) is 11.3 Å². The van der Waals surface area contributed by atoms with Crippen molar-refractivity contribution in [1.82, 2.24) is 40.1 Å². The average Bonchev–Trinajstić information content (AvgIpc) is 3.83. The van der Waals surface area contributed by atoms with Crippen molar-refractivity contribution in [3.05, 3.63) is 58.2 Å². The van der Waals surface area contributed by atoms with Crippen molar-refractivity contribution in [2.45, 2.75) is 117 Å². The molecule has 61 heavy (non-hydrogen) atoms. The number of nitrogens with one attached hydrogen (secondary N) is 2. The molecule has 4 atom stereocenters. The molecule has 1 saturated heterocycles. The van der Waals surface area contributed by atoms with E-state index in [1.807, 2.05) is 46.1 Å². The van der Waals surface area contributed by atoms with Crippen molar-refractivity contribution in [2.75, 3.05) is 41.0 Å². The van der Waals surface area contributed by atoms with Crippen LogP contribution in [0.4, 0.5) is 4.79 Å². The number of rotatable bonds is 10. The number of urea groups is 1. The van der Waals surface area contributed by atoms with Crippen LogP contribution in [0.25, 0.3) is 33.4 Å². The van der Waals surface area contributed by atoms with Gasteiger partial charge in [-0.25, -0.2) is 15.2 Å². The number of aryl methyl sites for hydroxylation is 1. The molecule has 0 aliphatic carbocycles. The largest absolute Gasteiger partial charge is 0.378 e. The lowest BCUT2D eigenvalue weighted by molar-refractivity contribution is -0.147. The standard InChI is InChI=1S/C46H64N8O6S/c1-12-53-37-17-16-31-21-33(37)34(41(53)32-15-13-19-47-39(32)30(6)59-11)23-45(7,8)26-60-27-46(25-55)18-14-20-54(50-46)43(57)35(22-38-48-36(31)24-61-38)49-42(56)40(28(2)3)52(10)44(58)51(9)29(4)5/h13,15-17,19,21,24-25,28-30,35,40,50H,12,14,18,20,22-23,26-27H2,1-11H3,(H,49,56)/t30-,35-,40-,46-/m0/s1. The second-order valence-corrected chi connectivity index (χ2v) is 19.1. The van der Waals surface area contributed by atoms with Crippen molar-refractivity contribution < 1.29 is 28.7 Å². The number of thiazole rings is 1. The second kappa shape index (κ2) is 18.7. The summed E-state index contributed by atoms with van der Waals surface area (Å²) >= 11 is 1.42. The number of carbonyl (C=O) groups excluding carboxylic acids is 4. The number of fused-ring (bicyclic) bond motifs is 6. The highest BCUT2D eigenvalue weighted by molar-refractivity contribution is 7.10. The van der Waals surface area contributed by atoms with Crippen LogP contribution in [0.3, 0.4) is 0 Å². The Morgan fingerprint density at radius 2 is 1.89 bits per heavy atom. The van der Waals surface area contributed by atoms with E-state index in [1.165, 1.54) is 21.2 Å². The van der Waals surface area contributed by atoms with Crippen LogP contribution in [-0.2, 0) is 43.2 Å². The minimum absolute atomic E-state index is 0.0497. The number of methoxy groups -OCH3 is 1. The number of carbonyl (C=O) groups is 4. The Balaban J connectivity index is 1.47. The van der Waals surface area contributed by atoms with E-state index in [0.29, 0.717) is 37.4 Å². The molecule has 14 nitrogen and oxygen atoms in total. The van der Waals surface area contributed by atoms with E-state index in [0.717, 1.165) is 57.5 Å².